The number of esters is 1. The molecule has 0 spiro atoms. The molecule has 2 amide bonds. The van der Waals surface area contributed by atoms with Gasteiger partial charge in [0.2, 0.25) is 5.91 Å². The SMILES string of the molecule is CCCCCCCC[C@@H](NC(=O)c1ccccc1NC(C)=O)C(=O)OC. The van der Waals surface area contributed by atoms with Gasteiger partial charge < -0.3 is 15.4 Å². The molecule has 144 valence electrons. The molecular formula is C20H30N2O4. The number of benzene rings is 1. The van der Waals surface area contributed by atoms with Gasteiger partial charge in [-0.05, 0) is 18.6 Å². The molecule has 26 heavy (non-hydrogen) atoms. The summed E-state index contributed by atoms with van der Waals surface area (Å²) in [6, 6.07) is 6.01. The van der Waals surface area contributed by atoms with Crippen LogP contribution in [-0.4, -0.2) is 30.9 Å². The number of ether oxygens (including phenoxy) is 1. The molecule has 1 atom stereocenters. The third-order valence-electron chi connectivity index (χ3n) is 4.12. The van der Waals surface area contributed by atoms with Crippen LogP contribution in [0.15, 0.2) is 24.3 Å². The van der Waals surface area contributed by atoms with Crippen molar-refractivity contribution >= 4 is 23.5 Å². The molecular weight excluding hydrogens is 332 g/mol. The average molecular weight is 362 g/mol. The van der Waals surface area contributed by atoms with Crippen LogP contribution in [0.4, 0.5) is 5.69 Å². The Morgan fingerprint density at radius 1 is 1.04 bits per heavy atom. The van der Waals surface area contributed by atoms with Crippen LogP contribution in [-0.2, 0) is 14.3 Å². The molecule has 0 aliphatic heterocycles. The summed E-state index contributed by atoms with van der Waals surface area (Å²) < 4.78 is 4.82. The second kappa shape index (κ2) is 12.1. The second-order valence-electron chi connectivity index (χ2n) is 6.33. The zero-order chi connectivity index (χ0) is 19.4. The number of hydrogen-bond donors (Lipinski definition) is 2. The lowest BCUT2D eigenvalue weighted by atomic mass is 10.0. The Kier molecular flexibility index (Phi) is 10.1. The fourth-order valence-corrected chi connectivity index (χ4v) is 2.74. The first-order chi connectivity index (χ1) is 12.5. The van der Waals surface area contributed by atoms with Gasteiger partial charge in [0.25, 0.3) is 5.91 Å². The number of carbonyl (C=O) groups excluding carboxylic acids is 3. The van der Waals surface area contributed by atoms with Gasteiger partial charge in [0, 0.05) is 6.92 Å². The van der Waals surface area contributed by atoms with Crippen molar-refractivity contribution in [1.29, 1.82) is 0 Å². The first-order valence-corrected chi connectivity index (χ1v) is 9.24. The molecule has 0 unspecified atom stereocenters. The molecule has 1 rings (SSSR count). The van der Waals surface area contributed by atoms with Crippen molar-refractivity contribution in [2.45, 2.75) is 64.8 Å². The van der Waals surface area contributed by atoms with E-state index in [1.807, 2.05) is 0 Å². The van der Waals surface area contributed by atoms with Crippen LogP contribution in [0.3, 0.4) is 0 Å². The van der Waals surface area contributed by atoms with Gasteiger partial charge in [-0.1, -0.05) is 57.6 Å². The van der Waals surface area contributed by atoms with Gasteiger partial charge in [0.1, 0.15) is 6.04 Å². The standard InChI is InChI=1S/C20H30N2O4/c1-4-5-6-7-8-9-14-18(20(25)26-3)22-19(24)16-12-10-11-13-17(16)21-15(2)23/h10-13,18H,4-9,14H2,1-3H3,(H,21,23)(H,22,24)/t18-/m1/s1. The molecule has 6 heteroatoms. The average Bonchev–Trinajstić information content (AvgIpc) is 2.62. The van der Waals surface area contributed by atoms with Crippen LogP contribution < -0.4 is 10.6 Å². The van der Waals surface area contributed by atoms with Crippen LogP contribution >= 0.6 is 0 Å². The van der Waals surface area contributed by atoms with E-state index in [4.69, 9.17) is 4.74 Å². The maximum atomic E-state index is 12.6. The highest BCUT2D eigenvalue weighted by Crippen LogP contribution is 2.16. The molecule has 1 aromatic carbocycles. The monoisotopic (exact) mass is 362 g/mol. The number of para-hydroxylation sites is 1. The quantitative estimate of drug-likeness (QED) is 0.465. The van der Waals surface area contributed by atoms with Gasteiger partial charge in [0.15, 0.2) is 0 Å². The molecule has 0 radical (unpaired) electrons. The van der Waals surface area contributed by atoms with Crippen molar-refractivity contribution in [2.75, 3.05) is 12.4 Å². The van der Waals surface area contributed by atoms with Crippen molar-refractivity contribution < 1.29 is 19.1 Å². The van der Waals surface area contributed by atoms with Crippen LogP contribution in [0.5, 0.6) is 0 Å². The number of unbranched alkanes of at least 4 members (excludes halogenated alkanes) is 5. The topological polar surface area (TPSA) is 84.5 Å². The Morgan fingerprint density at radius 3 is 2.35 bits per heavy atom. The Morgan fingerprint density at radius 2 is 1.69 bits per heavy atom. The summed E-state index contributed by atoms with van der Waals surface area (Å²) in [5, 5.41) is 5.36. The number of methoxy groups -OCH3 is 1. The lowest BCUT2D eigenvalue weighted by molar-refractivity contribution is -0.143. The van der Waals surface area contributed by atoms with E-state index in [0.717, 1.165) is 19.3 Å². The van der Waals surface area contributed by atoms with Crippen molar-refractivity contribution in [3.8, 4) is 0 Å². The Hall–Kier alpha value is -2.37. The molecule has 0 aromatic heterocycles. The number of hydrogen-bond acceptors (Lipinski definition) is 4. The second-order valence-corrected chi connectivity index (χ2v) is 6.33. The van der Waals surface area contributed by atoms with Gasteiger partial charge in [-0.15, -0.1) is 0 Å². The van der Waals surface area contributed by atoms with Gasteiger partial charge in [-0.25, -0.2) is 4.79 Å². The van der Waals surface area contributed by atoms with E-state index in [9.17, 15) is 14.4 Å². The van der Waals surface area contributed by atoms with E-state index < -0.39 is 17.9 Å². The normalized spacial score (nSPS) is 11.5. The molecule has 0 aliphatic carbocycles. The number of anilines is 1. The Labute approximate surface area is 155 Å². The zero-order valence-corrected chi connectivity index (χ0v) is 16.0. The third kappa shape index (κ3) is 7.68. The minimum absolute atomic E-state index is 0.262. The van der Waals surface area contributed by atoms with Crippen LogP contribution in [0.2, 0.25) is 0 Å². The number of amides is 2. The molecule has 0 heterocycles. The number of nitrogens with one attached hydrogen (secondary N) is 2. The van der Waals surface area contributed by atoms with Crippen LogP contribution in [0, 0.1) is 0 Å². The summed E-state index contributed by atoms with van der Waals surface area (Å²) in [7, 11) is 1.31. The van der Waals surface area contributed by atoms with E-state index >= 15 is 0 Å². The Balaban J connectivity index is 2.68. The summed E-state index contributed by atoms with van der Waals surface area (Å²) in [4.78, 5) is 35.9. The minimum Gasteiger partial charge on any atom is -0.467 e. The van der Waals surface area contributed by atoms with Gasteiger partial charge >= 0.3 is 5.97 Å². The van der Waals surface area contributed by atoms with Crippen LogP contribution in [0.1, 0.15) is 69.2 Å². The maximum absolute atomic E-state index is 12.6. The zero-order valence-electron chi connectivity index (χ0n) is 16.0. The first-order valence-electron chi connectivity index (χ1n) is 9.24. The summed E-state index contributed by atoms with van der Waals surface area (Å²) in [6.45, 7) is 3.55. The first kappa shape index (κ1) is 21.7. The lowest BCUT2D eigenvalue weighted by Crippen LogP contribution is -2.41. The van der Waals surface area contributed by atoms with Crippen molar-refractivity contribution in [1.82, 2.24) is 5.32 Å². The maximum Gasteiger partial charge on any atom is 0.328 e. The fourth-order valence-electron chi connectivity index (χ4n) is 2.74. The summed E-state index contributed by atoms with van der Waals surface area (Å²) >= 11 is 0. The van der Waals surface area contributed by atoms with E-state index in [2.05, 4.69) is 17.6 Å². The predicted octanol–water partition coefficient (Wildman–Crippen LogP) is 3.67. The van der Waals surface area contributed by atoms with Crippen molar-refractivity contribution in [3.05, 3.63) is 29.8 Å². The highest BCUT2D eigenvalue weighted by atomic mass is 16.5. The largest absolute Gasteiger partial charge is 0.467 e. The predicted molar refractivity (Wildman–Crippen MR) is 102 cm³/mol. The van der Waals surface area contributed by atoms with Crippen LogP contribution in [0.25, 0.3) is 0 Å². The molecule has 0 aliphatic rings. The Bertz CT molecular complexity index is 601. The van der Waals surface area contributed by atoms with E-state index in [1.54, 1.807) is 24.3 Å². The molecule has 0 fully saturated rings. The highest BCUT2D eigenvalue weighted by molar-refractivity contribution is 6.04. The van der Waals surface area contributed by atoms with E-state index in [0.29, 0.717) is 17.7 Å². The highest BCUT2D eigenvalue weighted by Gasteiger charge is 2.23. The molecule has 0 bridgehead atoms. The van der Waals surface area contributed by atoms with E-state index in [-0.39, 0.29) is 5.91 Å². The van der Waals surface area contributed by atoms with Gasteiger partial charge in [-0.2, -0.15) is 0 Å². The number of rotatable bonds is 11. The van der Waals surface area contributed by atoms with E-state index in [1.165, 1.54) is 33.3 Å². The minimum atomic E-state index is -0.691. The van der Waals surface area contributed by atoms with Gasteiger partial charge in [-0.3, -0.25) is 9.59 Å². The molecule has 6 nitrogen and oxygen atoms in total. The molecule has 0 saturated carbocycles. The van der Waals surface area contributed by atoms with Crippen molar-refractivity contribution in [2.24, 2.45) is 0 Å². The molecule has 0 saturated heterocycles. The third-order valence-corrected chi connectivity index (χ3v) is 4.12. The fraction of sp³-hybridized carbons (Fsp3) is 0.550. The molecule has 2 N–H and O–H groups in total. The smallest absolute Gasteiger partial charge is 0.328 e. The lowest BCUT2D eigenvalue weighted by Gasteiger charge is -2.17. The number of carbonyl (C=O) groups is 3. The molecule has 1 aromatic rings. The van der Waals surface area contributed by atoms with Crippen molar-refractivity contribution in [3.63, 3.8) is 0 Å². The summed E-state index contributed by atoms with van der Waals surface area (Å²) in [6.07, 6.45) is 7.12. The van der Waals surface area contributed by atoms with Gasteiger partial charge in [0.05, 0.1) is 18.4 Å². The summed E-state index contributed by atoms with van der Waals surface area (Å²) in [5.41, 5.74) is 0.736. The summed E-state index contributed by atoms with van der Waals surface area (Å²) in [5.74, 6) is -1.12.